The van der Waals surface area contributed by atoms with Crippen molar-refractivity contribution in [2.75, 3.05) is 13.2 Å². The van der Waals surface area contributed by atoms with Crippen LogP contribution < -0.4 is 5.32 Å². The maximum Gasteiger partial charge on any atom is 0.329 e. The van der Waals surface area contributed by atoms with E-state index >= 15 is 0 Å². The number of nitrogens with one attached hydrogen (secondary N) is 1. The van der Waals surface area contributed by atoms with Gasteiger partial charge >= 0.3 is 5.97 Å². The number of rotatable bonds is 5. The highest BCUT2D eigenvalue weighted by Gasteiger charge is 2.25. The lowest BCUT2D eigenvalue weighted by Crippen LogP contribution is -2.41. The molecule has 1 aliphatic rings. The molecule has 0 aromatic carbocycles. The van der Waals surface area contributed by atoms with Crippen LogP contribution in [-0.2, 0) is 14.3 Å². The molecule has 0 saturated heterocycles. The minimum atomic E-state index is -1.06. The van der Waals surface area contributed by atoms with E-state index < -0.39 is 12.6 Å². The Bertz CT molecular complexity index is 280. The van der Waals surface area contributed by atoms with Crippen molar-refractivity contribution in [1.82, 2.24) is 5.32 Å². The van der Waals surface area contributed by atoms with E-state index in [4.69, 9.17) is 9.84 Å². The van der Waals surface area contributed by atoms with E-state index in [9.17, 15) is 9.59 Å². The number of aliphatic carboxylic acids is 1. The number of carbonyl (C=O) groups is 2. The van der Waals surface area contributed by atoms with Crippen molar-refractivity contribution in [2.45, 2.75) is 39.2 Å². The molecule has 1 saturated carbocycles. The van der Waals surface area contributed by atoms with Gasteiger partial charge in [-0.05, 0) is 31.1 Å². The molecule has 0 radical (unpaired) electrons. The lowest BCUT2D eigenvalue weighted by Gasteiger charge is -2.32. The van der Waals surface area contributed by atoms with Gasteiger partial charge in [-0.3, -0.25) is 4.79 Å². The Balaban J connectivity index is 2.20. The van der Waals surface area contributed by atoms with Crippen LogP contribution in [-0.4, -0.2) is 36.2 Å². The Hall–Kier alpha value is -1.10. The molecule has 98 valence electrons. The third-order valence-corrected chi connectivity index (χ3v) is 3.42. The molecule has 5 nitrogen and oxygen atoms in total. The Labute approximate surface area is 102 Å². The highest BCUT2D eigenvalue weighted by atomic mass is 16.5. The summed E-state index contributed by atoms with van der Waals surface area (Å²) in [6.45, 7) is 3.83. The van der Waals surface area contributed by atoms with Gasteiger partial charge in [-0.1, -0.05) is 13.8 Å². The first-order valence-electron chi connectivity index (χ1n) is 6.08. The maximum absolute atomic E-state index is 11.5. The molecule has 1 amide bonds. The normalized spacial score (nSPS) is 28.7. The molecule has 2 N–H and O–H groups in total. The van der Waals surface area contributed by atoms with Crippen LogP contribution in [0.15, 0.2) is 0 Å². The number of hydrogen-bond acceptors (Lipinski definition) is 3. The van der Waals surface area contributed by atoms with Gasteiger partial charge in [0.15, 0.2) is 0 Å². The molecule has 0 aromatic rings. The van der Waals surface area contributed by atoms with Crippen molar-refractivity contribution in [3.63, 3.8) is 0 Å². The smallest absolute Gasteiger partial charge is 0.329 e. The predicted octanol–water partition coefficient (Wildman–Crippen LogP) is 1.03. The molecular formula is C12H21NO4. The third kappa shape index (κ3) is 5.17. The van der Waals surface area contributed by atoms with Crippen LogP contribution in [0.2, 0.25) is 0 Å². The first-order valence-corrected chi connectivity index (χ1v) is 6.08. The van der Waals surface area contributed by atoms with Crippen molar-refractivity contribution in [1.29, 1.82) is 0 Å². The van der Waals surface area contributed by atoms with Crippen molar-refractivity contribution < 1.29 is 19.4 Å². The molecule has 0 bridgehead atoms. The number of hydrogen-bond donors (Lipinski definition) is 2. The lowest BCUT2D eigenvalue weighted by atomic mass is 9.79. The summed E-state index contributed by atoms with van der Waals surface area (Å²) in [6.07, 6.45) is 3.12. The average molecular weight is 243 g/mol. The predicted molar refractivity (Wildman–Crippen MR) is 62.6 cm³/mol. The molecule has 0 heterocycles. The second kappa shape index (κ2) is 6.59. The fourth-order valence-corrected chi connectivity index (χ4v) is 2.18. The fourth-order valence-electron chi connectivity index (χ4n) is 2.18. The van der Waals surface area contributed by atoms with Crippen molar-refractivity contribution >= 4 is 11.9 Å². The van der Waals surface area contributed by atoms with Crippen LogP contribution in [0.25, 0.3) is 0 Å². The zero-order valence-corrected chi connectivity index (χ0v) is 10.4. The molecule has 17 heavy (non-hydrogen) atoms. The SMILES string of the molecule is CC1CCC(NC(=O)COCC(=O)O)CC1C. The summed E-state index contributed by atoms with van der Waals surface area (Å²) in [4.78, 5) is 21.6. The third-order valence-electron chi connectivity index (χ3n) is 3.42. The van der Waals surface area contributed by atoms with E-state index in [0.29, 0.717) is 11.8 Å². The van der Waals surface area contributed by atoms with Crippen LogP contribution in [0, 0.1) is 11.8 Å². The van der Waals surface area contributed by atoms with Crippen LogP contribution in [0.5, 0.6) is 0 Å². The molecule has 0 aromatic heterocycles. The Morgan fingerprint density at radius 3 is 2.53 bits per heavy atom. The molecular weight excluding hydrogens is 222 g/mol. The number of amides is 1. The van der Waals surface area contributed by atoms with Crippen LogP contribution >= 0.6 is 0 Å². The van der Waals surface area contributed by atoms with E-state index in [2.05, 4.69) is 19.2 Å². The minimum absolute atomic E-state index is 0.174. The minimum Gasteiger partial charge on any atom is -0.480 e. The van der Waals surface area contributed by atoms with E-state index in [-0.39, 0.29) is 18.6 Å². The van der Waals surface area contributed by atoms with Crippen LogP contribution in [0.1, 0.15) is 33.1 Å². The first kappa shape index (κ1) is 14.0. The largest absolute Gasteiger partial charge is 0.480 e. The summed E-state index contributed by atoms with van der Waals surface area (Å²) in [5.74, 6) is 0.0521. The monoisotopic (exact) mass is 243 g/mol. The molecule has 1 aliphatic carbocycles. The summed E-state index contributed by atoms with van der Waals surface area (Å²) in [5.41, 5.74) is 0. The summed E-state index contributed by atoms with van der Waals surface area (Å²) in [5, 5.41) is 11.2. The second-order valence-electron chi connectivity index (χ2n) is 4.92. The molecule has 1 fully saturated rings. The zero-order chi connectivity index (χ0) is 12.8. The van der Waals surface area contributed by atoms with Gasteiger partial charge < -0.3 is 15.2 Å². The summed E-state index contributed by atoms with van der Waals surface area (Å²) < 4.78 is 4.73. The van der Waals surface area contributed by atoms with E-state index in [0.717, 1.165) is 19.3 Å². The second-order valence-corrected chi connectivity index (χ2v) is 4.92. The first-order chi connectivity index (χ1) is 7.99. The van der Waals surface area contributed by atoms with Crippen LogP contribution in [0.3, 0.4) is 0 Å². The zero-order valence-electron chi connectivity index (χ0n) is 10.4. The summed E-state index contributed by atoms with van der Waals surface area (Å²) >= 11 is 0. The van der Waals surface area contributed by atoms with Crippen molar-refractivity contribution in [3.8, 4) is 0 Å². The molecule has 3 atom stereocenters. The number of carbonyl (C=O) groups excluding carboxylic acids is 1. The lowest BCUT2D eigenvalue weighted by molar-refractivity contribution is -0.143. The van der Waals surface area contributed by atoms with E-state index in [1.807, 2.05) is 0 Å². The van der Waals surface area contributed by atoms with Gasteiger partial charge in [0, 0.05) is 6.04 Å². The highest BCUT2D eigenvalue weighted by Crippen LogP contribution is 2.29. The van der Waals surface area contributed by atoms with Gasteiger partial charge in [-0.25, -0.2) is 4.79 Å². The number of ether oxygens (including phenoxy) is 1. The van der Waals surface area contributed by atoms with Gasteiger partial charge in [-0.15, -0.1) is 0 Å². The van der Waals surface area contributed by atoms with Crippen molar-refractivity contribution in [2.24, 2.45) is 11.8 Å². The maximum atomic E-state index is 11.5. The van der Waals surface area contributed by atoms with E-state index in [1.54, 1.807) is 0 Å². The van der Waals surface area contributed by atoms with Gasteiger partial charge in [0.2, 0.25) is 5.91 Å². The van der Waals surface area contributed by atoms with Gasteiger partial charge in [0.05, 0.1) is 0 Å². The highest BCUT2D eigenvalue weighted by molar-refractivity contribution is 5.78. The molecule has 5 heteroatoms. The van der Waals surface area contributed by atoms with E-state index in [1.165, 1.54) is 0 Å². The van der Waals surface area contributed by atoms with Gasteiger partial charge in [-0.2, -0.15) is 0 Å². The quantitative estimate of drug-likeness (QED) is 0.756. The van der Waals surface area contributed by atoms with Gasteiger partial charge in [0.25, 0.3) is 0 Å². The molecule has 0 aliphatic heterocycles. The standard InChI is InChI=1S/C12H21NO4/c1-8-3-4-10(5-9(8)2)13-11(14)6-17-7-12(15)16/h8-10H,3-7H2,1-2H3,(H,13,14)(H,15,16). The van der Waals surface area contributed by atoms with Crippen LogP contribution in [0.4, 0.5) is 0 Å². The summed E-state index contributed by atoms with van der Waals surface area (Å²) in [7, 11) is 0. The Kier molecular flexibility index (Phi) is 5.41. The number of carboxylic acids is 1. The summed E-state index contributed by atoms with van der Waals surface area (Å²) in [6, 6.07) is 0.210. The van der Waals surface area contributed by atoms with Gasteiger partial charge in [0.1, 0.15) is 13.2 Å². The van der Waals surface area contributed by atoms with Crippen molar-refractivity contribution in [3.05, 3.63) is 0 Å². The average Bonchev–Trinajstić information content (AvgIpc) is 2.23. The molecule has 3 unspecified atom stereocenters. The Morgan fingerprint density at radius 1 is 1.24 bits per heavy atom. The fraction of sp³-hybridized carbons (Fsp3) is 0.833. The number of carboxylic acid groups (broad SMARTS) is 1. The topological polar surface area (TPSA) is 75.6 Å². The molecule has 1 rings (SSSR count). The molecule has 0 spiro atoms. The Morgan fingerprint density at radius 2 is 1.94 bits per heavy atom.